The van der Waals surface area contributed by atoms with Crippen LogP contribution in [0.5, 0.6) is 0 Å². The minimum atomic E-state index is 0.107. The molecule has 0 spiro atoms. The monoisotopic (exact) mass is 289 g/mol. The van der Waals surface area contributed by atoms with Crippen molar-refractivity contribution in [2.24, 2.45) is 0 Å². The summed E-state index contributed by atoms with van der Waals surface area (Å²) >= 11 is 0. The molecule has 0 bridgehead atoms. The molecule has 1 saturated heterocycles. The Bertz CT molecular complexity index is 455. The maximum Gasteiger partial charge on any atom is 0.224 e. The van der Waals surface area contributed by atoms with Gasteiger partial charge in [-0.2, -0.15) is 0 Å². The SMILES string of the molecule is Cc1cccc(NC(=O)CCCN(C)C2CCCNC2)c1. The van der Waals surface area contributed by atoms with E-state index in [0.29, 0.717) is 12.5 Å². The molecule has 21 heavy (non-hydrogen) atoms. The van der Waals surface area contributed by atoms with Gasteiger partial charge in [0.2, 0.25) is 5.91 Å². The number of likely N-dealkylation sites (N-methyl/N-ethyl adjacent to an activating group) is 1. The maximum absolute atomic E-state index is 11.9. The molecule has 1 aromatic rings. The van der Waals surface area contributed by atoms with Crippen LogP contribution in [-0.4, -0.2) is 43.5 Å². The Morgan fingerprint density at radius 1 is 1.48 bits per heavy atom. The lowest BCUT2D eigenvalue weighted by Gasteiger charge is -2.31. The number of amides is 1. The summed E-state index contributed by atoms with van der Waals surface area (Å²) in [6.45, 7) is 5.23. The Labute approximate surface area is 127 Å². The molecule has 1 atom stereocenters. The third-order valence-electron chi connectivity index (χ3n) is 4.11. The van der Waals surface area contributed by atoms with Crippen LogP contribution >= 0.6 is 0 Å². The third-order valence-corrected chi connectivity index (χ3v) is 4.11. The van der Waals surface area contributed by atoms with E-state index in [1.54, 1.807) is 0 Å². The van der Waals surface area contributed by atoms with E-state index in [4.69, 9.17) is 0 Å². The zero-order chi connectivity index (χ0) is 15.1. The van der Waals surface area contributed by atoms with Crippen molar-refractivity contribution in [1.29, 1.82) is 0 Å². The highest BCUT2D eigenvalue weighted by atomic mass is 16.1. The van der Waals surface area contributed by atoms with E-state index in [9.17, 15) is 4.79 Å². The second-order valence-corrected chi connectivity index (χ2v) is 6.00. The predicted octanol–water partition coefficient (Wildman–Crippen LogP) is 2.40. The number of rotatable bonds is 6. The molecule has 4 heteroatoms. The second-order valence-electron chi connectivity index (χ2n) is 6.00. The normalized spacial score (nSPS) is 18.7. The highest BCUT2D eigenvalue weighted by molar-refractivity contribution is 5.90. The summed E-state index contributed by atoms with van der Waals surface area (Å²) in [5.41, 5.74) is 2.06. The van der Waals surface area contributed by atoms with Gasteiger partial charge in [-0.15, -0.1) is 0 Å². The topological polar surface area (TPSA) is 44.4 Å². The van der Waals surface area contributed by atoms with E-state index in [1.807, 2.05) is 31.2 Å². The van der Waals surface area contributed by atoms with Gasteiger partial charge < -0.3 is 15.5 Å². The minimum Gasteiger partial charge on any atom is -0.326 e. The molecule has 1 amide bonds. The third kappa shape index (κ3) is 5.48. The fourth-order valence-electron chi connectivity index (χ4n) is 2.83. The molecule has 1 aromatic carbocycles. The number of hydrogen-bond donors (Lipinski definition) is 2. The van der Waals surface area contributed by atoms with Gasteiger partial charge >= 0.3 is 0 Å². The first-order valence-corrected chi connectivity index (χ1v) is 7.92. The number of nitrogens with zero attached hydrogens (tertiary/aromatic N) is 1. The van der Waals surface area contributed by atoms with Crippen LogP contribution in [0.3, 0.4) is 0 Å². The highest BCUT2D eigenvalue weighted by Gasteiger charge is 2.17. The smallest absolute Gasteiger partial charge is 0.224 e. The number of aryl methyl sites for hydroxylation is 1. The van der Waals surface area contributed by atoms with E-state index in [1.165, 1.54) is 12.8 Å². The van der Waals surface area contributed by atoms with Gasteiger partial charge in [0.15, 0.2) is 0 Å². The van der Waals surface area contributed by atoms with Gasteiger partial charge in [0, 0.05) is 24.7 Å². The average Bonchev–Trinajstić information content (AvgIpc) is 2.48. The Hall–Kier alpha value is -1.39. The molecule has 0 aliphatic carbocycles. The van der Waals surface area contributed by atoms with Gasteiger partial charge in [0.25, 0.3) is 0 Å². The molecular formula is C17H27N3O. The summed E-state index contributed by atoms with van der Waals surface area (Å²) in [6.07, 6.45) is 4.00. The van der Waals surface area contributed by atoms with Crippen LogP contribution in [0.4, 0.5) is 5.69 Å². The number of benzene rings is 1. The molecule has 1 fully saturated rings. The zero-order valence-electron chi connectivity index (χ0n) is 13.2. The van der Waals surface area contributed by atoms with Gasteiger partial charge in [-0.3, -0.25) is 4.79 Å². The molecule has 1 unspecified atom stereocenters. The number of carbonyl (C=O) groups is 1. The number of nitrogens with one attached hydrogen (secondary N) is 2. The molecule has 0 radical (unpaired) electrons. The summed E-state index contributed by atoms with van der Waals surface area (Å²) in [7, 11) is 2.16. The number of hydrogen-bond acceptors (Lipinski definition) is 3. The summed E-state index contributed by atoms with van der Waals surface area (Å²) in [4.78, 5) is 14.3. The van der Waals surface area contributed by atoms with Gasteiger partial charge in [0.05, 0.1) is 0 Å². The van der Waals surface area contributed by atoms with Crippen molar-refractivity contribution in [1.82, 2.24) is 10.2 Å². The van der Waals surface area contributed by atoms with Crippen molar-refractivity contribution in [3.8, 4) is 0 Å². The van der Waals surface area contributed by atoms with Gasteiger partial charge in [-0.05, 0) is 64.0 Å². The van der Waals surface area contributed by atoms with E-state index < -0.39 is 0 Å². The zero-order valence-corrected chi connectivity index (χ0v) is 13.2. The van der Waals surface area contributed by atoms with Crippen LogP contribution in [0.2, 0.25) is 0 Å². The average molecular weight is 289 g/mol. The summed E-state index contributed by atoms with van der Waals surface area (Å²) in [5.74, 6) is 0.107. The summed E-state index contributed by atoms with van der Waals surface area (Å²) < 4.78 is 0. The standard InChI is InChI=1S/C17H27N3O/c1-14-6-3-7-15(12-14)19-17(21)9-5-11-20(2)16-8-4-10-18-13-16/h3,6-7,12,16,18H,4-5,8-11,13H2,1-2H3,(H,19,21). The van der Waals surface area contributed by atoms with E-state index in [-0.39, 0.29) is 5.91 Å². The maximum atomic E-state index is 11.9. The number of piperidine rings is 1. The van der Waals surface area contributed by atoms with Gasteiger partial charge in [0.1, 0.15) is 0 Å². The molecule has 1 aliphatic rings. The van der Waals surface area contributed by atoms with Crippen molar-refractivity contribution in [2.75, 3.05) is 32.0 Å². The van der Waals surface area contributed by atoms with Crippen LogP contribution < -0.4 is 10.6 Å². The predicted molar refractivity (Wildman–Crippen MR) is 87.6 cm³/mol. The number of anilines is 1. The second kappa shape index (κ2) is 8.15. The number of carbonyl (C=O) groups excluding carboxylic acids is 1. The first kappa shape index (κ1) is 16.0. The van der Waals surface area contributed by atoms with Crippen LogP contribution in [-0.2, 0) is 4.79 Å². The fourth-order valence-corrected chi connectivity index (χ4v) is 2.83. The quantitative estimate of drug-likeness (QED) is 0.845. The van der Waals surface area contributed by atoms with Gasteiger partial charge in [-0.1, -0.05) is 12.1 Å². The molecule has 2 rings (SSSR count). The minimum absolute atomic E-state index is 0.107. The molecule has 1 heterocycles. The van der Waals surface area contributed by atoms with Crippen molar-refractivity contribution in [3.05, 3.63) is 29.8 Å². The van der Waals surface area contributed by atoms with Crippen molar-refractivity contribution < 1.29 is 4.79 Å². The lowest BCUT2D eigenvalue weighted by atomic mass is 10.1. The van der Waals surface area contributed by atoms with Crippen molar-refractivity contribution >= 4 is 11.6 Å². The molecular weight excluding hydrogens is 262 g/mol. The lowest BCUT2D eigenvalue weighted by molar-refractivity contribution is -0.116. The largest absolute Gasteiger partial charge is 0.326 e. The Morgan fingerprint density at radius 3 is 3.05 bits per heavy atom. The molecule has 2 N–H and O–H groups in total. The molecule has 4 nitrogen and oxygen atoms in total. The Morgan fingerprint density at radius 2 is 2.33 bits per heavy atom. The van der Waals surface area contributed by atoms with Crippen molar-refractivity contribution in [2.45, 2.75) is 38.6 Å². The fraction of sp³-hybridized carbons (Fsp3) is 0.588. The molecule has 0 aromatic heterocycles. The molecule has 116 valence electrons. The first-order valence-electron chi connectivity index (χ1n) is 7.92. The lowest BCUT2D eigenvalue weighted by Crippen LogP contribution is -2.44. The summed E-state index contributed by atoms with van der Waals surface area (Å²) in [6, 6.07) is 8.55. The molecule has 1 aliphatic heterocycles. The van der Waals surface area contributed by atoms with Crippen LogP contribution in [0.15, 0.2) is 24.3 Å². The molecule has 0 saturated carbocycles. The first-order chi connectivity index (χ1) is 10.1. The highest BCUT2D eigenvalue weighted by Crippen LogP contribution is 2.11. The van der Waals surface area contributed by atoms with E-state index in [2.05, 4.69) is 22.6 Å². The van der Waals surface area contributed by atoms with Crippen LogP contribution in [0.25, 0.3) is 0 Å². The van der Waals surface area contributed by atoms with Gasteiger partial charge in [-0.25, -0.2) is 0 Å². The van der Waals surface area contributed by atoms with E-state index >= 15 is 0 Å². The van der Waals surface area contributed by atoms with Crippen LogP contribution in [0, 0.1) is 6.92 Å². The summed E-state index contributed by atoms with van der Waals surface area (Å²) in [5, 5.41) is 6.40. The Balaban J connectivity index is 1.66. The van der Waals surface area contributed by atoms with Crippen LogP contribution in [0.1, 0.15) is 31.2 Å². The Kier molecular flexibility index (Phi) is 6.21. The van der Waals surface area contributed by atoms with Crippen molar-refractivity contribution in [3.63, 3.8) is 0 Å². The van der Waals surface area contributed by atoms with E-state index in [0.717, 1.165) is 37.3 Å².